The van der Waals surface area contributed by atoms with E-state index in [2.05, 4.69) is 129 Å². The lowest BCUT2D eigenvalue weighted by molar-refractivity contribution is 1.12. The van der Waals surface area contributed by atoms with Crippen molar-refractivity contribution in [1.82, 2.24) is 4.57 Å². The van der Waals surface area contributed by atoms with E-state index in [1.165, 1.54) is 64.7 Å². The van der Waals surface area contributed by atoms with E-state index >= 15 is 0 Å². The molecule has 5 aromatic carbocycles. The number of hydrogen-bond donors (Lipinski definition) is 0. The number of rotatable bonds is 1. The van der Waals surface area contributed by atoms with Gasteiger partial charge in [0.2, 0.25) is 0 Å². The average molecular weight is 517 g/mol. The second-order valence-electron chi connectivity index (χ2n) is 8.75. The van der Waals surface area contributed by atoms with Gasteiger partial charge in [-0.1, -0.05) is 70.5 Å². The summed E-state index contributed by atoms with van der Waals surface area (Å²) in [5.41, 5.74) is 7.35. The number of hydrogen-bond acceptors (Lipinski definition) is 2. The molecule has 160 valence electrons. The molecule has 0 spiro atoms. The van der Waals surface area contributed by atoms with Gasteiger partial charge in [0.1, 0.15) is 0 Å². The van der Waals surface area contributed by atoms with Crippen LogP contribution in [0.25, 0.3) is 47.7 Å². The number of anilines is 3. The predicted octanol–water partition coefficient (Wildman–Crippen LogP) is 9.70. The summed E-state index contributed by atoms with van der Waals surface area (Å²) in [5.74, 6) is 0. The fourth-order valence-corrected chi connectivity index (χ4v) is 7.16. The smallest absolute Gasteiger partial charge is 0.0783 e. The summed E-state index contributed by atoms with van der Waals surface area (Å²) < 4.78 is 6.18. The van der Waals surface area contributed by atoms with Gasteiger partial charge in [0.15, 0.2) is 0 Å². The zero-order valence-electron chi connectivity index (χ0n) is 18.0. The maximum absolute atomic E-state index is 3.69. The van der Waals surface area contributed by atoms with E-state index in [1.54, 1.807) is 0 Å². The Balaban J connectivity index is 1.55. The molecule has 0 aliphatic carbocycles. The average Bonchev–Trinajstić information content (AvgIpc) is 3.42. The van der Waals surface area contributed by atoms with Crippen molar-refractivity contribution in [3.8, 4) is 5.69 Å². The molecule has 4 heteroatoms. The van der Waals surface area contributed by atoms with E-state index < -0.39 is 0 Å². The summed E-state index contributed by atoms with van der Waals surface area (Å²) >= 11 is 5.57. The van der Waals surface area contributed by atoms with E-state index in [0.29, 0.717) is 0 Å². The first-order chi connectivity index (χ1) is 16.8. The van der Waals surface area contributed by atoms with Gasteiger partial charge in [-0.3, -0.25) is 0 Å². The van der Waals surface area contributed by atoms with Crippen molar-refractivity contribution < 1.29 is 0 Å². The highest BCUT2D eigenvalue weighted by molar-refractivity contribution is 9.10. The highest BCUT2D eigenvalue weighted by atomic mass is 79.9. The molecule has 7 aromatic rings. The summed E-state index contributed by atoms with van der Waals surface area (Å²) in [5, 5.41) is 5.18. The molecule has 2 aromatic heterocycles. The van der Waals surface area contributed by atoms with Crippen LogP contribution >= 0.6 is 27.3 Å². The topological polar surface area (TPSA) is 8.17 Å². The lowest BCUT2D eigenvalue weighted by Crippen LogP contribution is -2.18. The molecular formula is C30H17BrN2S. The second kappa shape index (κ2) is 6.72. The quantitative estimate of drug-likeness (QED) is 0.210. The molecular weight excluding hydrogens is 500 g/mol. The monoisotopic (exact) mass is 516 g/mol. The molecule has 0 fully saturated rings. The van der Waals surface area contributed by atoms with E-state index in [9.17, 15) is 0 Å². The zero-order valence-corrected chi connectivity index (χ0v) is 20.4. The van der Waals surface area contributed by atoms with Crippen molar-refractivity contribution in [3.05, 3.63) is 108 Å². The minimum atomic E-state index is 1.10. The van der Waals surface area contributed by atoms with E-state index in [1.807, 2.05) is 11.3 Å². The molecule has 0 radical (unpaired) electrons. The van der Waals surface area contributed by atoms with Crippen molar-refractivity contribution in [3.63, 3.8) is 0 Å². The minimum absolute atomic E-state index is 1.10. The third-order valence-electron chi connectivity index (χ3n) is 6.96. The Kier molecular flexibility index (Phi) is 3.71. The minimum Gasteiger partial charge on any atom is -0.305 e. The van der Waals surface area contributed by atoms with Crippen molar-refractivity contribution >= 4 is 86.3 Å². The van der Waals surface area contributed by atoms with Gasteiger partial charge in [0.25, 0.3) is 0 Å². The molecule has 2 nitrogen and oxygen atoms in total. The van der Waals surface area contributed by atoms with Crippen LogP contribution in [0.15, 0.2) is 108 Å². The number of nitrogens with zero attached hydrogens (tertiary/aromatic N) is 2. The fraction of sp³-hybridized carbons (Fsp3) is 0. The molecule has 0 saturated carbocycles. The van der Waals surface area contributed by atoms with E-state index in [0.717, 1.165) is 4.47 Å². The summed E-state index contributed by atoms with van der Waals surface area (Å²) in [6, 6.07) is 37.5. The maximum atomic E-state index is 3.69. The van der Waals surface area contributed by atoms with Crippen LogP contribution in [0, 0.1) is 0 Å². The largest absolute Gasteiger partial charge is 0.305 e. The van der Waals surface area contributed by atoms with Gasteiger partial charge in [-0.25, -0.2) is 0 Å². The molecule has 1 aliphatic heterocycles. The number of halogens is 1. The lowest BCUT2D eigenvalue weighted by Gasteiger charge is -2.33. The number of fused-ring (bicyclic) bond motifs is 8. The zero-order chi connectivity index (χ0) is 22.4. The Bertz CT molecular complexity index is 1950. The van der Waals surface area contributed by atoms with E-state index in [-0.39, 0.29) is 0 Å². The highest BCUT2D eigenvalue weighted by Gasteiger charge is 2.29. The summed E-state index contributed by atoms with van der Waals surface area (Å²) in [4.78, 5) is 2.46. The van der Waals surface area contributed by atoms with Gasteiger partial charge in [0, 0.05) is 30.7 Å². The van der Waals surface area contributed by atoms with Crippen molar-refractivity contribution in [2.45, 2.75) is 0 Å². The number of para-hydroxylation sites is 3. The lowest BCUT2D eigenvalue weighted by atomic mass is 10.1. The first kappa shape index (κ1) is 18.8. The molecule has 34 heavy (non-hydrogen) atoms. The highest BCUT2D eigenvalue weighted by Crippen LogP contribution is 2.52. The van der Waals surface area contributed by atoms with Crippen LogP contribution in [-0.4, -0.2) is 4.57 Å². The fourth-order valence-electron chi connectivity index (χ4n) is 5.59. The molecule has 1 aliphatic rings. The SMILES string of the molecule is Brc1ccc2c(c1)c1cccc3c1n2-c1ccccc1N3c1cccc2c1sc1ccccc12. The van der Waals surface area contributed by atoms with Crippen molar-refractivity contribution in [2.75, 3.05) is 4.90 Å². The Labute approximate surface area is 208 Å². The number of benzene rings is 5. The second-order valence-corrected chi connectivity index (χ2v) is 10.7. The van der Waals surface area contributed by atoms with Gasteiger partial charge in [0.05, 0.1) is 38.5 Å². The van der Waals surface area contributed by atoms with Crippen molar-refractivity contribution in [1.29, 1.82) is 0 Å². The van der Waals surface area contributed by atoms with E-state index in [4.69, 9.17) is 0 Å². The third kappa shape index (κ3) is 2.34. The maximum Gasteiger partial charge on any atom is 0.0783 e. The molecule has 0 N–H and O–H groups in total. The standard InChI is InChI=1S/C30H17BrN2S/c31-18-15-16-23-22(17-18)20-8-5-12-26-29(20)33(23)25-11-3-2-10-24(25)32(26)27-13-6-9-21-19-7-1-4-14-28(19)34-30(21)27/h1-17H. The molecule has 0 amide bonds. The summed E-state index contributed by atoms with van der Waals surface area (Å²) in [7, 11) is 0. The molecule has 0 atom stereocenters. The molecule has 0 bridgehead atoms. The first-order valence-corrected chi connectivity index (χ1v) is 12.9. The first-order valence-electron chi connectivity index (χ1n) is 11.3. The Morgan fingerprint density at radius 1 is 0.559 bits per heavy atom. The van der Waals surface area contributed by atoms with Crippen LogP contribution in [-0.2, 0) is 0 Å². The van der Waals surface area contributed by atoms with Gasteiger partial charge < -0.3 is 9.47 Å². The van der Waals surface area contributed by atoms with Gasteiger partial charge in [-0.05, 0) is 48.5 Å². The Morgan fingerprint density at radius 2 is 1.26 bits per heavy atom. The Morgan fingerprint density at radius 3 is 2.18 bits per heavy atom. The molecule has 0 unspecified atom stereocenters. The predicted molar refractivity (Wildman–Crippen MR) is 150 cm³/mol. The molecule has 0 saturated heterocycles. The van der Waals surface area contributed by atoms with Crippen LogP contribution in [0.3, 0.4) is 0 Å². The third-order valence-corrected chi connectivity index (χ3v) is 8.66. The molecule has 8 rings (SSSR count). The Hall–Kier alpha value is -3.60. The van der Waals surface area contributed by atoms with Crippen LogP contribution in [0.1, 0.15) is 0 Å². The number of thiophene rings is 1. The molecule has 3 heterocycles. The van der Waals surface area contributed by atoms with Gasteiger partial charge in [-0.15, -0.1) is 11.3 Å². The number of aromatic nitrogens is 1. The van der Waals surface area contributed by atoms with Crippen LogP contribution in [0.2, 0.25) is 0 Å². The van der Waals surface area contributed by atoms with Crippen LogP contribution in [0.5, 0.6) is 0 Å². The summed E-state index contributed by atoms with van der Waals surface area (Å²) in [6.07, 6.45) is 0. The van der Waals surface area contributed by atoms with Crippen LogP contribution < -0.4 is 4.90 Å². The van der Waals surface area contributed by atoms with Gasteiger partial charge in [-0.2, -0.15) is 0 Å². The van der Waals surface area contributed by atoms with Crippen molar-refractivity contribution in [2.24, 2.45) is 0 Å². The van der Waals surface area contributed by atoms with Gasteiger partial charge >= 0.3 is 0 Å². The summed E-state index contributed by atoms with van der Waals surface area (Å²) in [6.45, 7) is 0. The normalized spacial score (nSPS) is 12.8. The van der Waals surface area contributed by atoms with Crippen LogP contribution in [0.4, 0.5) is 17.1 Å².